The van der Waals surface area contributed by atoms with Crippen LogP contribution in [0, 0.1) is 13.8 Å². The summed E-state index contributed by atoms with van der Waals surface area (Å²) in [5.41, 5.74) is 3.12. The lowest BCUT2D eigenvalue weighted by atomic mass is 10.4. The van der Waals surface area contributed by atoms with Gasteiger partial charge >= 0.3 is 0 Å². The zero-order chi connectivity index (χ0) is 8.43. The zero-order valence-electron chi connectivity index (χ0n) is 6.35. The molecule has 0 aliphatic heterocycles. The van der Waals surface area contributed by atoms with Gasteiger partial charge in [-0.2, -0.15) is 0 Å². The number of nitrogens with two attached hydrogens (primary N) is 1. The maximum atomic E-state index is 5.80. The predicted octanol–water partition coefficient (Wildman–Crippen LogP) is 1.03. The predicted molar refractivity (Wildman–Crippen MR) is 44.3 cm³/mol. The fourth-order valence-corrected chi connectivity index (χ4v) is 0.934. The number of anilines is 1. The number of hydrogen-bond donors (Lipinski definition) is 2. The summed E-state index contributed by atoms with van der Waals surface area (Å²) in [7, 11) is 0. The number of nitrogens with zero attached hydrogens (tertiary/aromatic N) is 2. The van der Waals surface area contributed by atoms with E-state index in [9.17, 15) is 0 Å². The van der Waals surface area contributed by atoms with E-state index in [1.165, 1.54) is 0 Å². The average Bonchev–Trinajstić information content (AvgIpc) is 1.96. The Labute approximate surface area is 69.8 Å². The molecule has 60 valence electrons. The van der Waals surface area contributed by atoms with Crippen molar-refractivity contribution in [1.29, 1.82) is 0 Å². The smallest absolute Gasteiger partial charge is 0.162 e. The van der Waals surface area contributed by atoms with Crippen molar-refractivity contribution in [2.45, 2.75) is 13.8 Å². The van der Waals surface area contributed by atoms with Crippen molar-refractivity contribution in [3.05, 3.63) is 16.5 Å². The van der Waals surface area contributed by atoms with E-state index in [0.717, 1.165) is 5.69 Å². The first-order chi connectivity index (χ1) is 5.15. The van der Waals surface area contributed by atoms with Crippen molar-refractivity contribution < 1.29 is 0 Å². The molecule has 0 amide bonds. The van der Waals surface area contributed by atoms with E-state index in [-0.39, 0.29) is 0 Å². The number of nitrogens with one attached hydrogen (secondary N) is 1. The average molecular weight is 173 g/mol. The van der Waals surface area contributed by atoms with E-state index in [4.69, 9.17) is 17.4 Å². The van der Waals surface area contributed by atoms with Gasteiger partial charge in [0.2, 0.25) is 0 Å². The van der Waals surface area contributed by atoms with Gasteiger partial charge in [0.05, 0.1) is 5.69 Å². The van der Waals surface area contributed by atoms with Crippen LogP contribution in [0.15, 0.2) is 0 Å². The minimum Gasteiger partial charge on any atom is -0.307 e. The second kappa shape index (κ2) is 3.02. The highest BCUT2D eigenvalue weighted by molar-refractivity contribution is 6.33. The topological polar surface area (TPSA) is 63.8 Å². The summed E-state index contributed by atoms with van der Waals surface area (Å²) in [5.74, 6) is 6.29. The second-order valence-electron chi connectivity index (χ2n) is 2.16. The molecule has 3 N–H and O–H groups in total. The van der Waals surface area contributed by atoms with E-state index < -0.39 is 0 Å². The summed E-state index contributed by atoms with van der Waals surface area (Å²) in [6, 6.07) is 0. The molecule has 0 aliphatic carbocycles. The van der Waals surface area contributed by atoms with E-state index >= 15 is 0 Å². The Balaban J connectivity index is 3.24. The van der Waals surface area contributed by atoms with Gasteiger partial charge in [-0.15, -0.1) is 0 Å². The van der Waals surface area contributed by atoms with Crippen LogP contribution in [0.5, 0.6) is 0 Å². The first-order valence-corrected chi connectivity index (χ1v) is 3.50. The maximum Gasteiger partial charge on any atom is 0.162 e. The molecule has 4 nitrogen and oxygen atoms in total. The van der Waals surface area contributed by atoms with E-state index in [1.54, 1.807) is 13.8 Å². The number of rotatable bonds is 1. The van der Waals surface area contributed by atoms with Crippen LogP contribution in [-0.4, -0.2) is 9.97 Å². The highest BCUT2D eigenvalue weighted by Crippen LogP contribution is 2.20. The number of aryl methyl sites for hydroxylation is 2. The van der Waals surface area contributed by atoms with Gasteiger partial charge in [0.15, 0.2) is 5.82 Å². The standard InChI is InChI=1S/C6H9ClN4/c1-3-5(7)6(11-8)10-4(2)9-3/h8H2,1-2H3,(H,9,10,11). The summed E-state index contributed by atoms with van der Waals surface area (Å²) in [6.07, 6.45) is 0. The molecular weight excluding hydrogens is 164 g/mol. The van der Waals surface area contributed by atoms with Crippen LogP contribution >= 0.6 is 11.6 Å². The lowest BCUT2D eigenvalue weighted by Crippen LogP contribution is -2.11. The first-order valence-electron chi connectivity index (χ1n) is 3.12. The molecule has 1 heterocycles. The molecule has 0 spiro atoms. The van der Waals surface area contributed by atoms with Crippen molar-refractivity contribution in [2.75, 3.05) is 5.43 Å². The van der Waals surface area contributed by atoms with Crippen LogP contribution in [-0.2, 0) is 0 Å². The van der Waals surface area contributed by atoms with Gasteiger partial charge in [-0.25, -0.2) is 15.8 Å². The normalized spacial score (nSPS) is 9.82. The Hall–Kier alpha value is -0.870. The monoisotopic (exact) mass is 172 g/mol. The molecule has 1 rings (SSSR count). The Bertz CT molecular complexity index is 274. The molecule has 1 aromatic heterocycles. The van der Waals surface area contributed by atoms with Crippen molar-refractivity contribution >= 4 is 17.4 Å². The molecule has 0 atom stereocenters. The van der Waals surface area contributed by atoms with Crippen LogP contribution in [0.3, 0.4) is 0 Å². The van der Waals surface area contributed by atoms with Gasteiger partial charge in [0, 0.05) is 0 Å². The summed E-state index contributed by atoms with van der Waals surface area (Å²) < 4.78 is 0. The van der Waals surface area contributed by atoms with Crippen LogP contribution in [0.4, 0.5) is 5.82 Å². The maximum absolute atomic E-state index is 5.80. The van der Waals surface area contributed by atoms with Gasteiger partial charge in [-0.05, 0) is 13.8 Å². The Morgan fingerprint density at radius 3 is 2.55 bits per heavy atom. The molecule has 0 aromatic carbocycles. The van der Waals surface area contributed by atoms with E-state index in [0.29, 0.717) is 16.7 Å². The molecule has 1 aromatic rings. The molecule has 0 unspecified atom stereocenters. The highest BCUT2D eigenvalue weighted by atomic mass is 35.5. The molecule has 0 saturated carbocycles. The van der Waals surface area contributed by atoms with Crippen LogP contribution < -0.4 is 11.3 Å². The minimum absolute atomic E-state index is 0.469. The fraction of sp³-hybridized carbons (Fsp3) is 0.333. The van der Waals surface area contributed by atoms with Gasteiger partial charge in [0.25, 0.3) is 0 Å². The SMILES string of the molecule is Cc1nc(C)c(Cl)c(NN)n1. The molecule has 0 aliphatic rings. The third-order valence-corrected chi connectivity index (χ3v) is 1.72. The number of halogens is 1. The lowest BCUT2D eigenvalue weighted by Gasteiger charge is -2.04. The van der Waals surface area contributed by atoms with Crippen LogP contribution in [0.25, 0.3) is 0 Å². The van der Waals surface area contributed by atoms with Crippen molar-refractivity contribution in [3.63, 3.8) is 0 Å². The molecular formula is C6H9ClN4. The summed E-state index contributed by atoms with van der Waals surface area (Å²) >= 11 is 5.80. The number of hydrazine groups is 1. The molecule has 5 heteroatoms. The zero-order valence-corrected chi connectivity index (χ0v) is 7.11. The van der Waals surface area contributed by atoms with Gasteiger partial charge in [0.1, 0.15) is 10.8 Å². The molecule has 0 saturated heterocycles. The third-order valence-electron chi connectivity index (χ3n) is 1.27. The molecule has 0 radical (unpaired) electrons. The Kier molecular flexibility index (Phi) is 2.26. The highest BCUT2D eigenvalue weighted by Gasteiger charge is 2.04. The summed E-state index contributed by atoms with van der Waals surface area (Å²) in [6.45, 7) is 3.59. The fourth-order valence-electron chi connectivity index (χ4n) is 0.795. The van der Waals surface area contributed by atoms with Crippen molar-refractivity contribution in [1.82, 2.24) is 9.97 Å². The summed E-state index contributed by atoms with van der Waals surface area (Å²) in [5, 5.41) is 0.470. The van der Waals surface area contributed by atoms with E-state index in [2.05, 4.69) is 15.4 Å². The quantitative estimate of drug-likeness (QED) is 0.491. The third kappa shape index (κ3) is 1.58. The molecule has 0 bridgehead atoms. The van der Waals surface area contributed by atoms with Gasteiger partial charge in [-0.1, -0.05) is 11.6 Å². The van der Waals surface area contributed by atoms with Gasteiger partial charge in [-0.3, -0.25) is 0 Å². The van der Waals surface area contributed by atoms with Crippen LogP contribution in [0.2, 0.25) is 5.02 Å². The van der Waals surface area contributed by atoms with Crippen molar-refractivity contribution in [3.8, 4) is 0 Å². The molecule has 11 heavy (non-hydrogen) atoms. The van der Waals surface area contributed by atoms with E-state index in [1.807, 2.05) is 0 Å². The van der Waals surface area contributed by atoms with Crippen molar-refractivity contribution in [2.24, 2.45) is 5.84 Å². The Morgan fingerprint density at radius 1 is 1.36 bits per heavy atom. The lowest BCUT2D eigenvalue weighted by molar-refractivity contribution is 1.01. The number of hydrogen-bond acceptors (Lipinski definition) is 4. The summed E-state index contributed by atoms with van der Waals surface area (Å²) in [4.78, 5) is 8.02. The van der Waals surface area contributed by atoms with Crippen LogP contribution in [0.1, 0.15) is 11.5 Å². The van der Waals surface area contributed by atoms with Gasteiger partial charge < -0.3 is 5.43 Å². The largest absolute Gasteiger partial charge is 0.307 e. The number of aromatic nitrogens is 2. The number of nitrogen functional groups attached to an aromatic ring is 1. The second-order valence-corrected chi connectivity index (χ2v) is 2.54. The first kappa shape index (κ1) is 8.23. The minimum atomic E-state index is 0.469. The Morgan fingerprint density at radius 2 is 2.00 bits per heavy atom. The molecule has 0 fully saturated rings.